The number of fused-ring (bicyclic) bond motifs is 1. The lowest BCUT2D eigenvalue weighted by atomic mass is 10.1. The van der Waals surface area contributed by atoms with Crippen LogP contribution in [0.15, 0.2) is 61.2 Å². The summed E-state index contributed by atoms with van der Waals surface area (Å²) in [6, 6.07) is 10.9. The number of aryl methyl sites for hydroxylation is 1. The van der Waals surface area contributed by atoms with Gasteiger partial charge < -0.3 is 24.3 Å². The molecule has 0 fully saturated rings. The number of anilines is 4. The van der Waals surface area contributed by atoms with Crippen LogP contribution >= 0.6 is 0 Å². The maximum Gasteiger partial charge on any atom is 0.418 e. The zero-order valence-electron chi connectivity index (χ0n) is 18.9. The monoisotopic (exact) mass is 482 g/mol. The first kappa shape index (κ1) is 22.5. The third-order valence-corrected chi connectivity index (χ3v) is 5.49. The number of hydrogen-bond donors (Lipinski definition) is 1. The molecule has 0 atom stereocenters. The van der Waals surface area contributed by atoms with Crippen LogP contribution in [0.2, 0.25) is 0 Å². The normalized spacial score (nSPS) is 13.2. The van der Waals surface area contributed by atoms with Crippen LogP contribution in [-0.4, -0.2) is 39.8 Å². The maximum atomic E-state index is 13.7. The SMILES string of the molecule is COc1cc(Nc2ncc3c(n2)N(c2ccccc2C(F)(F)F)CCO3)ccc1-n1cnc(C)c1. The number of nitrogens with one attached hydrogen (secondary N) is 1. The van der Waals surface area contributed by atoms with Crippen LogP contribution in [0.5, 0.6) is 11.5 Å². The second-order valence-electron chi connectivity index (χ2n) is 7.83. The predicted molar refractivity (Wildman–Crippen MR) is 124 cm³/mol. The molecule has 0 aliphatic carbocycles. The van der Waals surface area contributed by atoms with Gasteiger partial charge in [-0.05, 0) is 31.2 Å². The smallest absolute Gasteiger partial charge is 0.418 e. The fourth-order valence-electron chi connectivity index (χ4n) is 3.90. The molecule has 1 aliphatic heterocycles. The van der Waals surface area contributed by atoms with E-state index in [9.17, 15) is 13.2 Å². The van der Waals surface area contributed by atoms with Gasteiger partial charge in [-0.2, -0.15) is 18.2 Å². The summed E-state index contributed by atoms with van der Waals surface area (Å²) in [6.07, 6.45) is 0.521. The molecule has 0 spiro atoms. The van der Waals surface area contributed by atoms with Crippen molar-refractivity contribution in [3.63, 3.8) is 0 Å². The zero-order chi connectivity index (χ0) is 24.6. The molecule has 8 nitrogen and oxygen atoms in total. The summed E-state index contributed by atoms with van der Waals surface area (Å²) in [5.74, 6) is 1.36. The van der Waals surface area contributed by atoms with Crippen molar-refractivity contribution in [1.29, 1.82) is 0 Å². The minimum Gasteiger partial charge on any atom is -0.494 e. The van der Waals surface area contributed by atoms with E-state index in [4.69, 9.17) is 9.47 Å². The van der Waals surface area contributed by atoms with Gasteiger partial charge in [-0.1, -0.05) is 12.1 Å². The molecule has 11 heteroatoms. The van der Waals surface area contributed by atoms with Crippen LogP contribution in [0.1, 0.15) is 11.3 Å². The Hall–Kier alpha value is -4.28. The number of para-hydroxylation sites is 1. The van der Waals surface area contributed by atoms with E-state index in [0.717, 1.165) is 17.4 Å². The van der Waals surface area contributed by atoms with E-state index in [1.54, 1.807) is 25.6 Å². The van der Waals surface area contributed by atoms with Crippen molar-refractivity contribution in [1.82, 2.24) is 19.5 Å². The summed E-state index contributed by atoms with van der Waals surface area (Å²) in [5, 5.41) is 3.10. The molecule has 1 N–H and O–H groups in total. The summed E-state index contributed by atoms with van der Waals surface area (Å²) < 4.78 is 53.9. The largest absolute Gasteiger partial charge is 0.494 e. The minimum absolute atomic E-state index is 0.0100. The Bertz CT molecular complexity index is 1370. The Morgan fingerprint density at radius 1 is 1.09 bits per heavy atom. The van der Waals surface area contributed by atoms with E-state index >= 15 is 0 Å². The summed E-state index contributed by atoms with van der Waals surface area (Å²) in [5.41, 5.74) is 1.58. The summed E-state index contributed by atoms with van der Waals surface area (Å²) >= 11 is 0. The lowest BCUT2D eigenvalue weighted by Gasteiger charge is -2.31. The third kappa shape index (κ3) is 4.44. The predicted octanol–water partition coefficient (Wildman–Crippen LogP) is 5.27. The lowest BCUT2D eigenvalue weighted by molar-refractivity contribution is -0.137. The number of hydrogen-bond acceptors (Lipinski definition) is 7. The molecule has 2 aromatic carbocycles. The van der Waals surface area contributed by atoms with E-state index in [2.05, 4.69) is 20.3 Å². The molecule has 2 aromatic heterocycles. The first-order valence-electron chi connectivity index (χ1n) is 10.7. The number of imidazole rings is 1. The van der Waals surface area contributed by atoms with E-state index in [1.807, 2.05) is 29.8 Å². The molecule has 1 aliphatic rings. The van der Waals surface area contributed by atoms with Crippen molar-refractivity contribution in [2.24, 2.45) is 0 Å². The Labute approximate surface area is 199 Å². The summed E-state index contributed by atoms with van der Waals surface area (Å²) in [6.45, 7) is 2.32. The number of aromatic nitrogens is 4. The summed E-state index contributed by atoms with van der Waals surface area (Å²) in [4.78, 5) is 14.5. The van der Waals surface area contributed by atoms with E-state index in [1.165, 1.54) is 23.2 Å². The van der Waals surface area contributed by atoms with Gasteiger partial charge in [-0.3, -0.25) is 0 Å². The second-order valence-corrected chi connectivity index (χ2v) is 7.83. The Kier molecular flexibility index (Phi) is 5.67. The average Bonchev–Trinajstić information content (AvgIpc) is 3.29. The Balaban J connectivity index is 1.47. The van der Waals surface area contributed by atoms with Gasteiger partial charge >= 0.3 is 6.18 Å². The van der Waals surface area contributed by atoms with Crippen molar-refractivity contribution in [3.05, 3.63) is 72.4 Å². The molecular formula is C24H21F3N6O2. The first-order valence-corrected chi connectivity index (χ1v) is 10.7. The van der Waals surface area contributed by atoms with Gasteiger partial charge in [0.2, 0.25) is 5.95 Å². The second kappa shape index (κ2) is 8.82. The van der Waals surface area contributed by atoms with Crippen molar-refractivity contribution < 1.29 is 22.6 Å². The molecule has 0 radical (unpaired) electrons. The lowest BCUT2D eigenvalue weighted by Crippen LogP contribution is -2.31. The highest BCUT2D eigenvalue weighted by molar-refractivity contribution is 5.71. The standard InChI is InChI=1S/C24H21F3N6O2/c1-15-13-32(14-29-15)19-8-7-16(11-20(19)34-2)30-23-28-12-21-22(31-23)33(9-10-35-21)18-6-4-3-5-17(18)24(25,26)27/h3-8,11-14H,9-10H2,1-2H3,(H,28,30,31). The van der Waals surface area contributed by atoms with Gasteiger partial charge in [0.1, 0.15) is 12.4 Å². The number of ether oxygens (including phenoxy) is 2. The van der Waals surface area contributed by atoms with Crippen LogP contribution in [0.3, 0.4) is 0 Å². The van der Waals surface area contributed by atoms with Crippen molar-refractivity contribution in [2.75, 3.05) is 30.5 Å². The average molecular weight is 482 g/mol. The minimum atomic E-state index is -4.50. The Morgan fingerprint density at radius 3 is 2.66 bits per heavy atom. The highest BCUT2D eigenvalue weighted by atomic mass is 19.4. The highest BCUT2D eigenvalue weighted by Crippen LogP contribution is 2.42. The van der Waals surface area contributed by atoms with Gasteiger partial charge in [0, 0.05) is 18.0 Å². The first-order chi connectivity index (χ1) is 16.8. The van der Waals surface area contributed by atoms with Gasteiger partial charge in [0.25, 0.3) is 0 Å². The molecular weight excluding hydrogens is 461 g/mol. The van der Waals surface area contributed by atoms with Crippen LogP contribution in [0, 0.1) is 6.92 Å². The number of methoxy groups -OCH3 is 1. The quantitative estimate of drug-likeness (QED) is 0.415. The number of nitrogens with zero attached hydrogens (tertiary/aromatic N) is 5. The topological polar surface area (TPSA) is 77.3 Å². The molecule has 180 valence electrons. The number of halogens is 3. The fourth-order valence-corrected chi connectivity index (χ4v) is 3.90. The van der Waals surface area contributed by atoms with Crippen LogP contribution in [0.4, 0.5) is 36.3 Å². The van der Waals surface area contributed by atoms with Crippen molar-refractivity contribution in [2.45, 2.75) is 13.1 Å². The fraction of sp³-hybridized carbons (Fsp3) is 0.208. The van der Waals surface area contributed by atoms with Crippen molar-refractivity contribution in [3.8, 4) is 17.2 Å². The van der Waals surface area contributed by atoms with Gasteiger partial charge in [-0.25, -0.2) is 9.97 Å². The molecule has 0 saturated heterocycles. The van der Waals surface area contributed by atoms with Crippen molar-refractivity contribution >= 4 is 23.1 Å². The van der Waals surface area contributed by atoms with Crippen LogP contribution < -0.4 is 19.7 Å². The summed E-state index contributed by atoms with van der Waals surface area (Å²) in [7, 11) is 1.56. The maximum absolute atomic E-state index is 13.7. The molecule has 5 rings (SSSR count). The molecule has 0 saturated carbocycles. The van der Waals surface area contributed by atoms with Crippen LogP contribution in [-0.2, 0) is 6.18 Å². The van der Waals surface area contributed by atoms with Gasteiger partial charge in [0.15, 0.2) is 11.6 Å². The van der Waals surface area contributed by atoms with Gasteiger partial charge in [-0.15, -0.1) is 0 Å². The molecule has 4 aromatic rings. The third-order valence-electron chi connectivity index (χ3n) is 5.49. The zero-order valence-corrected chi connectivity index (χ0v) is 18.9. The number of alkyl halides is 3. The molecule has 0 bridgehead atoms. The number of benzene rings is 2. The molecule has 35 heavy (non-hydrogen) atoms. The highest BCUT2D eigenvalue weighted by Gasteiger charge is 2.36. The van der Waals surface area contributed by atoms with E-state index < -0.39 is 11.7 Å². The molecule has 0 unspecified atom stereocenters. The molecule has 3 heterocycles. The van der Waals surface area contributed by atoms with E-state index in [-0.39, 0.29) is 30.6 Å². The van der Waals surface area contributed by atoms with Gasteiger partial charge in [0.05, 0.1) is 48.8 Å². The van der Waals surface area contributed by atoms with Crippen LogP contribution in [0.25, 0.3) is 5.69 Å². The van der Waals surface area contributed by atoms with E-state index in [0.29, 0.717) is 17.2 Å². The molecule has 0 amide bonds. The Morgan fingerprint density at radius 2 is 1.91 bits per heavy atom. The number of rotatable bonds is 5.